The smallest absolute Gasteiger partial charge is 0.326 e. The average molecular weight is 747 g/mol. The number of nitrogens with one attached hydrogen (secondary N) is 2. The predicted octanol–water partition coefficient (Wildman–Crippen LogP) is 10.3. The predicted molar refractivity (Wildman–Crippen MR) is 151 cm³/mol. The summed E-state index contributed by atoms with van der Waals surface area (Å²) in [4.78, 5) is 25.9. The van der Waals surface area contributed by atoms with Crippen LogP contribution in [-0.2, 0) is 10.5 Å². The van der Waals surface area contributed by atoms with Crippen LogP contribution in [0.1, 0.15) is 27.4 Å². The number of alkyl halides is 11. The topological polar surface area (TPSA) is 58.2 Å². The Kier molecular flexibility index (Phi) is 9.33. The van der Waals surface area contributed by atoms with Gasteiger partial charge in [0.2, 0.25) is 5.91 Å². The van der Waals surface area contributed by atoms with Crippen molar-refractivity contribution in [3.8, 4) is 0 Å². The molecule has 18 heteroatoms. The SMILES string of the molecule is O=C(Nc1ccc(C(F)(C(F)(F)F)C(F)(F)C(F)(F)F)cc1)c1cc(NC(=O)C2C(c3cc(Cl)cc(Cl)c3)C2(Cl)Cl)ccc1Cl. The van der Waals surface area contributed by atoms with E-state index in [2.05, 4.69) is 10.6 Å². The monoisotopic (exact) mass is 744 g/mol. The summed E-state index contributed by atoms with van der Waals surface area (Å²) in [6.07, 6.45) is -13.6. The Labute approximate surface area is 272 Å². The summed E-state index contributed by atoms with van der Waals surface area (Å²) in [5.74, 6) is -10.2. The van der Waals surface area contributed by atoms with Crippen molar-refractivity contribution in [2.24, 2.45) is 5.92 Å². The molecule has 242 valence electrons. The van der Waals surface area contributed by atoms with Crippen molar-refractivity contribution < 1.29 is 49.1 Å². The van der Waals surface area contributed by atoms with Gasteiger partial charge in [-0.1, -0.05) is 46.9 Å². The van der Waals surface area contributed by atoms with E-state index in [4.69, 9.17) is 58.0 Å². The first-order valence-electron chi connectivity index (χ1n) is 12.1. The molecule has 1 aliphatic rings. The molecular formula is C27H14Cl5F9N2O2. The molecule has 0 aromatic heterocycles. The van der Waals surface area contributed by atoms with Crippen molar-refractivity contribution in [3.05, 3.63) is 92.4 Å². The third-order valence-electron chi connectivity index (χ3n) is 6.78. The van der Waals surface area contributed by atoms with Gasteiger partial charge >= 0.3 is 23.9 Å². The van der Waals surface area contributed by atoms with Crippen LogP contribution in [0.4, 0.5) is 50.9 Å². The Bertz CT molecular complexity index is 1630. The van der Waals surface area contributed by atoms with Gasteiger partial charge in [0.25, 0.3) is 5.91 Å². The van der Waals surface area contributed by atoms with E-state index in [0.29, 0.717) is 17.7 Å². The fourth-order valence-electron chi connectivity index (χ4n) is 4.52. The molecule has 1 aliphatic carbocycles. The highest BCUT2D eigenvalue weighted by Gasteiger charge is 2.81. The van der Waals surface area contributed by atoms with E-state index in [1.165, 1.54) is 30.3 Å². The number of rotatable bonds is 7. The molecule has 1 saturated carbocycles. The van der Waals surface area contributed by atoms with Crippen LogP contribution >= 0.6 is 58.0 Å². The minimum Gasteiger partial charge on any atom is -0.326 e. The second-order valence-electron chi connectivity index (χ2n) is 9.78. The van der Waals surface area contributed by atoms with Gasteiger partial charge in [-0.15, -0.1) is 23.2 Å². The second kappa shape index (κ2) is 11.9. The summed E-state index contributed by atoms with van der Waals surface area (Å²) >= 11 is 30.8. The lowest BCUT2D eigenvalue weighted by atomic mass is 9.87. The molecule has 4 rings (SSSR count). The largest absolute Gasteiger partial charge is 0.457 e. The normalized spacial score (nSPS) is 19.4. The van der Waals surface area contributed by atoms with Gasteiger partial charge in [-0.05, 0) is 54.1 Å². The Morgan fingerprint density at radius 3 is 1.73 bits per heavy atom. The minimum atomic E-state index is -6.89. The quantitative estimate of drug-likeness (QED) is 0.187. The number of hydrogen-bond acceptors (Lipinski definition) is 2. The highest BCUT2D eigenvalue weighted by molar-refractivity contribution is 6.53. The third-order valence-corrected chi connectivity index (χ3v) is 8.48. The minimum absolute atomic E-state index is 0.0186. The first kappa shape index (κ1) is 35.3. The van der Waals surface area contributed by atoms with Gasteiger partial charge in [0.15, 0.2) is 0 Å². The second-order valence-corrected chi connectivity index (χ2v) is 12.5. The van der Waals surface area contributed by atoms with Gasteiger partial charge in [0, 0.05) is 32.9 Å². The van der Waals surface area contributed by atoms with Gasteiger partial charge in [-0.2, -0.15) is 35.1 Å². The van der Waals surface area contributed by atoms with Crippen LogP contribution in [0.2, 0.25) is 15.1 Å². The molecule has 3 aromatic carbocycles. The van der Waals surface area contributed by atoms with E-state index in [1.54, 1.807) is 0 Å². The summed E-state index contributed by atoms with van der Waals surface area (Å²) in [6, 6.07) is 9.13. The molecule has 3 atom stereocenters. The van der Waals surface area contributed by atoms with Crippen LogP contribution in [0.25, 0.3) is 0 Å². The van der Waals surface area contributed by atoms with Crippen molar-refractivity contribution in [1.29, 1.82) is 0 Å². The van der Waals surface area contributed by atoms with Crippen LogP contribution in [0.15, 0.2) is 60.7 Å². The molecule has 2 amide bonds. The number of halogens is 14. The van der Waals surface area contributed by atoms with Crippen LogP contribution in [-0.4, -0.2) is 34.4 Å². The fourth-order valence-corrected chi connectivity index (χ4v) is 6.09. The van der Waals surface area contributed by atoms with Crippen molar-refractivity contribution in [2.75, 3.05) is 10.6 Å². The van der Waals surface area contributed by atoms with Crippen LogP contribution in [0.3, 0.4) is 0 Å². The zero-order valence-electron chi connectivity index (χ0n) is 21.5. The number of hydrogen-bond donors (Lipinski definition) is 2. The number of carbonyl (C=O) groups is 2. The molecule has 0 aliphatic heterocycles. The maximum atomic E-state index is 14.7. The van der Waals surface area contributed by atoms with Crippen LogP contribution in [0, 0.1) is 5.92 Å². The van der Waals surface area contributed by atoms with Crippen LogP contribution in [0.5, 0.6) is 0 Å². The van der Waals surface area contributed by atoms with Crippen molar-refractivity contribution in [3.63, 3.8) is 0 Å². The molecule has 0 bridgehead atoms. The van der Waals surface area contributed by atoms with Gasteiger partial charge in [0.05, 0.1) is 16.5 Å². The van der Waals surface area contributed by atoms with E-state index in [1.807, 2.05) is 0 Å². The lowest BCUT2D eigenvalue weighted by Crippen LogP contribution is -2.59. The lowest BCUT2D eigenvalue weighted by Gasteiger charge is -2.36. The maximum absolute atomic E-state index is 14.7. The first-order chi connectivity index (χ1) is 20.5. The van der Waals surface area contributed by atoms with Gasteiger partial charge in [0.1, 0.15) is 4.33 Å². The standard InChI is InChI=1S/C27H14Cl5F9N2O2/c28-13-7-11(8-14(29)9-13)19-20(23(19,31)32)22(45)43-16-5-6-18(30)17(10-16)21(44)42-15-3-1-12(2-4-15)24(33,26(36,37)38)25(34,35)27(39,40)41/h1-10,19-20H,(H,42,44)(H,43,45). The lowest BCUT2D eigenvalue weighted by molar-refractivity contribution is -0.389. The number of amides is 2. The Morgan fingerprint density at radius 1 is 0.689 bits per heavy atom. The molecule has 0 heterocycles. The molecule has 0 saturated heterocycles. The first-order valence-corrected chi connectivity index (χ1v) is 14.0. The Morgan fingerprint density at radius 2 is 1.22 bits per heavy atom. The Hall–Kier alpha value is -2.58. The van der Waals surface area contributed by atoms with Crippen molar-refractivity contribution in [2.45, 2.75) is 34.2 Å². The molecule has 1 fully saturated rings. The maximum Gasteiger partial charge on any atom is 0.457 e. The van der Waals surface area contributed by atoms with E-state index in [-0.39, 0.29) is 38.5 Å². The molecule has 45 heavy (non-hydrogen) atoms. The summed E-state index contributed by atoms with van der Waals surface area (Å²) in [6.45, 7) is 0. The number of benzene rings is 3. The molecule has 0 spiro atoms. The summed E-state index contributed by atoms with van der Waals surface area (Å²) in [7, 11) is 0. The van der Waals surface area contributed by atoms with Crippen LogP contribution < -0.4 is 10.6 Å². The summed E-state index contributed by atoms with van der Waals surface area (Å²) in [5, 5.41) is 5.02. The fraction of sp³-hybridized carbons (Fsp3) is 0.259. The summed E-state index contributed by atoms with van der Waals surface area (Å²) < 4.78 is 119. The van der Waals surface area contributed by atoms with Gasteiger partial charge < -0.3 is 10.6 Å². The van der Waals surface area contributed by atoms with Crippen molar-refractivity contribution in [1.82, 2.24) is 0 Å². The number of carbonyl (C=O) groups excluding carboxylic acids is 2. The van der Waals surface area contributed by atoms with E-state index < -0.39 is 63.2 Å². The molecule has 0 radical (unpaired) electrons. The Balaban J connectivity index is 1.52. The average Bonchev–Trinajstić information content (AvgIpc) is 3.49. The van der Waals surface area contributed by atoms with E-state index in [9.17, 15) is 49.1 Å². The molecule has 3 unspecified atom stereocenters. The third kappa shape index (κ3) is 6.51. The molecule has 4 nitrogen and oxygen atoms in total. The molecule has 3 aromatic rings. The zero-order valence-corrected chi connectivity index (χ0v) is 25.3. The molecular weight excluding hydrogens is 733 g/mol. The van der Waals surface area contributed by atoms with E-state index >= 15 is 0 Å². The summed E-state index contributed by atoms with van der Waals surface area (Å²) in [5.41, 5.74) is -8.43. The highest BCUT2D eigenvalue weighted by atomic mass is 35.5. The zero-order chi connectivity index (χ0) is 33.9. The highest BCUT2D eigenvalue weighted by Crippen LogP contribution is 2.65. The van der Waals surface area contributed by atoms with E-state index in [0.717, 1.165) is 6.07 Å². The van der Waals surface area contributed by atoms with Crippen molar-refractivity contribution >= 4 is 81.2 Å². The molecule has 2 N–H and O–H groups in total. The van der Waals surface area contributed by atoms with Gasteiger partial charge in [-0.3, -0.25) is 9.59 Å². The van der Waals surface area contributed by atoms with Gasteiger partial charge in [-0.25, -0.2) is 4.39 Å². The number of anilines is 2.